The van der Waals surface area contributed by atoms with Crippen LogP contribution in [0, 0.1) is 0 Å². The lowest BCUT2D eigenvalue weighted by Gasteiger charge is -2.38. The monoisotopic (exact) mass is 352 g/mol. The lowest BCUT2D eigenvalue weighted by Crippen LogP contribution is -2.48. The molecule has 134 valence electrons. The van der Waals surface area contributed by atoms with Gasteiger partial charge in [0.15, 0.2) is 0 Å². The molecule has 1 saturated carbocycles. The topological polar surface area (TPSA) is 49.9 Å². The molecule has 1 aliphatic heterocycles. The summed E-state index contributed by atoms with van der Waals surface area (Å²) in [5.41, 5.74) is 0. The van der Waals surface area contributed by atoms with Gasteiger partial charge < -0.3 is 9.64 Å². The van der Waals surface area contributed by atoms with Crippen molar-refractivity contribution in [3.8, 4) is 5.75 Å². The number of piperidine rings is 1. The molecule has 0 N–H and O–H groups in total. The summed E-state index contributed by atoms with van der Waals surface area (Å²) in [5.74, 6) is 0.680. The fourth-order valence-electron chi connectivity index (χ4n) is 3.60. The Hall–Kier alpha value is -1.11. The summed E-state index contributed by atoms with van der Waals surface area (Å²) in [6.07, 6.45) is 5.01. The number of nitrogens with zero attached hydrogens (tertiary/aromatic N) is 2. The first-order chi connectivity index (χ1) is 11.6. The van der Waals surface area contributed by atoms with Gasteiger partial charge in [-0.3, -0.25) is 0 Å². The van der Waals surface area contributed by atoms with E-state index in [0.717, 1.165) is 51.7 Å². The van der Waals surface area contributed by atoms with Gasteiger partial charge in [-0.25, -0.2) is 8.42 Å². The van der Waals surface area contributed by atoms with E-state index in [1.54, 1.807) is 31.4 Å². The molecule has 5 nitrogen and oxygen atoms in total. The molecule has 1 heterocycles. The van der Waals surface area contributed by atoms with Gasteiger partial charge in [0.05, 0.1) is 12.0 Å². The van der Waals surface area contributed by atoms with Crippen LogP contribution in [0.3, 0.4) is 0 Å². The first kappa shape index (κ1) is 17.7. The van der Waals surface area contributed by atoms with Gasteiger partial charge in [-0.05, 0) is 76.0 Å². The molecule has 0 amide bonds. The highest BCUT2D eigenvalue weighted by Crippen LogP contribution is 2.37. The van der Waals surface area contributed by atoms with Crippen LogP contribution in [0.5, 0.6) is 5.75 Å². The summed E-state index contributed by atoms with van der Waals surface area (Å²) < 4.78 is 33.3. The third-order valence-corrected chi connectivity index (χ3v) is 7.02. The Morgan fingerprint density at radius 3 is 2.17 bits per heavy atom. The second kappa shape index (κ2) is 7.42. The number of hydrogen-bond donors (Lipinski definition) is 0. The van der Waals surface area contributed by atoms with Crippen molar-refractivity contribution in [2.24, 2.45) is 0 Å². The van der Waals surface area contributed by atoms with Gasteiger partial charge in [-0.2, -0.15) is 4.31 Å². The Labute approximate surface area is 145 Å². The summed E-state index contributed by atoms with van der Waals surface area (Å²) in [7, 11) is -1.85. The number of methoxy groups -OCH3 is 1. The molecule has 1 aliphatic carbocycles. The van der Waals surface area contributed by atoms with E-state index in [1.807, 2.05) is 4.31 Å². The molecular weight excluding hydrogens is 324 g/mol. The number of likely N-dealkylation sites (tertiary alicyclic amines) is 1. The Balaban J connectivity index is 1.77. The van der Waals surface area contributed by atoms with E-state index in [0.29, 0.717) is 10.6 Å². The minimum Gasteiger partial charge on any atom is -0.497 e. The van der Waals surface area contributed by atoms with E-state index < -0.39 is 10.0 Å². The lowest BCUT2D eigenvalue weighted by atomic mass is 10.0. The van der Waals surface area contributed by atoms with Gasteiger partial charge in [0, 0.05) is 12.1 Å². The smallest absolute Gasteiger partial charge is 0.243 e. The van der Waals surface area contributed by atoms with Crippen molar-refractivity contribution in [1.29, 1.82) is 0 Å². The average Bonchev–Trinajstić information content (AvgIpc) is 3.41. The van der Waals surface area contributed by atoms with Gasteiger partial charge in [0.1, 0.15) is 5.75 Å². The highest BCUT2D eigenvalue weighted by Gasteiger charge is 2.43. The summed E-state index contributed by atoms with van der Waals surface area (Å²) in [6, 6.07) is 7.10. The Kier molecular flexibility index (Phi) is 5.47. The van der Waals surface area contributed by atoms with Crippen LogP contribution in [0.4, 0.5) is 0 Å². The molecule has 6 heteroatoms. The van der Waals surface area contributed by atoms with Crippen molar-refractivity contribution in [3.63, 3.8) is 0 Å². The SMILES string of the molecule is CCCN1CCC(N(C2CC2)S(=O)(=O)c2ccc(OC)cc2)CC1. The third kappa shape index (κ3) is 3.76. The molecule has 0 atom stereocenters. The van der Waals surface area contributed by atoms with Crippen molar-refractivity contribution < 1.29 is 13.2 Å². The number of ether oxygens (including phenoxy) is 1. The van der Waals surface area contributed by atoms with Gasteiger partial charge in [0.2, 0.25) is 10.0 Å². The Morgan fingerprint density at radius 2 is 1.67 bits per heavy atom. The highest BCUT2D eigenvalue weighted by atomic mass is 32.2. The van der Waals surface area contributed by atoms with Crippen molar-refractivity contribution in [2.75, 3.05) is 26.7 Å². The van der Waals surface area contributed by atoms with Crippen molar-refractivity contribution >= 4 is 10.0 Å². The summed E-state index contributed by atoms with van der Waals surface area (Å²) in [4.78, 5) is 2.83. The number of rotatable bonds is 7. The number of hydrogen-bond acceptors (Lipinski definition) is 4. The minimum atomic E-state index is -3.43. The van der Waals surface area contributed by atoms with Crippen LogP contribution in [-0.2, 0) is 10.0 Å². The van der Waals surface area contributed by atoms with Gasteiger partial charge >= 0.3 is 0 Å². The molecule has 1 aromatic rings. The van der Waals surface area contributed by atoms with Gasteiger partial charge in [0.25, 0.3) is 0 Å². The van der Waals surface area contributed by atoms with Crippen LogP contribution in [0.2, 0.25) is 0 Å². The lowest BCUT2D eigenvalue weighted by molar-refractivity contribution is 0.156. The molecular formula is C18H28N2O3S. The van der Waals surface area contributed by atoms with Crippen molar-refractivity contribution in [2.45, 2.75) is 56.0 Å². The molecule has 0 unspecified atom stereocenters. The van der Waals surface area contributed by atoms with Crippen LogP contribution in [0.25, 0.3) is 0 Å². The fourth-order valence-corrected chi connectivity index (χ4v) is 5.53. The molecule has 0 aromatic heterocycles. The fraction of sp³-hybridized carbons (Fsp3) is 0.667. The maximum absolute atomic E-state index is 13.2. The zero-order valence-corrected chi connectivity index (χ0v) is 15.5. The predicted octanol–water partition coefficient (Wildman–Crippen LogP) is 2.72. The number of benzene rings is 1. The van der Waals surface area contributed by atoms with Crippen molar-refractivity contribution in [1.82, 2.24) is 9.21 Å². The first-order valence-electron chi connectivity index (χ1n) is 8.96. The van der Waals surface area contributed by atoms with Crippen LogP contribution < -0.4 is 4.74 Å². The first-order valence-corrected chi connectivity index (χ1v) is 10.4. The standard InChI is InChI=1S/C18H28N2O3S/c1-3-12-19-13-10-16(11-14-19)20(15-4-5-15)24(21,22)18-8-6-17(23-2)7-9-18/h6-9,15-16H,3-5,10-14H2,1-2H3. The molecule has 1 aromatic carbocycles. The third-order valence-electron chi connectivity index (χ3n) is 5.00. The number of sulfonamides is 1. The van der Waals surface area contributed by atoms with E-state index in [1.165, 1.54) is 0 Å². The van der Waals surface area contributed by atoms with Gasteiger partial charge in [-0.1, -0.05) is 6.92 Å². The van der Waals surface area contributed by atoms with Crippen molar-refractivity contribution in [3.05, 3.63) is 24.3 Å². The van der Waals surface area contributed by atoms with Crippen LogP contribution in [0.1, 0.15) is 39.0 Å². The minimum absolute atomic E-state index is 0.137. The van der Waals surface area contributed by atoms with E-state index in [4.69, 9.17) is 4.74 Å². The van der Waals surface area contributed by atoms with Crippen LogP contribution in [0.15, 0.2) is 29.2 Å². The maximum Gasteiger partial charge on any atom is 0.243 e. The second-order valence-electron chi connectivity index (χ2n) is 6.81. The molecule has 2 aliphatic rings. The molecule has 2 fully saturated rings. The van der Waals surface area contributed by atoms with E-state index >= 15 is 0 Å². The maximum atomic E-state index is 13.2. The zero-order chi connectivity index (χ0) is 17.2. The molecule has 24 heavy (non-hydrogen) atoms. The summed E-state index contributed by atoms with van der Waals surface area (Å²) in [6.45, 7) is 5.30. The Bertz CT molecular complexity index is 633. The molecule has 0 spiro atoms. The largest absolute Gasteiger partial charge is 0.497 e. The quantitative estimate of drug-likeness (QED) is 0.757. The normalized spacial score (nSPS) is 20.5. The zero-order valence-electron chi connectivity index (χ0n) is 14.6. The summed E-state index contributed by atoms with van der Waals surface area (Å²) >= 11 is 0. The van der Waals surface area contributed by atoms with E-state index in [-0.39, 0.29) is 12.1 Å². The van der Waals surface area contributed by atoms with Crippen LogP contribution in [-0.4, -0.2) is 56.5 Å². The second-order valence-corrected chi connectivity index (χ2v) is 8.66. The highest BCUT2D eigenvalue weighted by molar-refractivity contribution is 7.89. The molecule has 1 saturated heterocycles. The summed E-state index contributed by atoms with van der Waals surface area (Å²) in [5, 5.41) is 0. The molecule has 3 rings (SSSR count). The molecule has 0 bridgehead atoms. The van der Waals surface area contributed by atoms with Gasteiger partial charge in [-0.15, -0.1) is 0 Å². The Morgan fingerprint density at radius 1 is 1.08 bits per heavy atom. The average molecular weight is 353 g/mol. The predicted molar refractivity (Wildman–Crippen MR) is 94.8 cm³/mol. The van der Waals surface area contributed by atoms with E-state index in [9.17, 15) is 8.42 Å². The molecule has 0 radical (unpaired) electrons. The van der Waals surface area contributed by atoms with Crippen LogP contribution >= 0.6 is 0 Å². The van der Waals surface area contributed by atoms with E-state index in [2.05, 4.69) is 11.8 Å².